The van der Waals surface area contributed by atoms with E-state index in [9.17, 15) is 9.59 Å². The Bertz CT molecular complexity index is 1040. The highest BCUT2D eigenvalue weighted by Crippen LogP contribution is 2.23. The number of nitrogens with one attached hydrogen (secondary N) is 1. The smallest absolute Gasteiger partial charge is 0.343 e. The number of carbonyl (C=O) groups is 2. The fraction of sp³-hybridized carbons (Fsp3) is 0.0476. The molecule has 1 N–H and O–H groups in total. The summed E-state index contributed by atoms with van der Waals surface area (Å²) in [6.45, 7) is 1.84. The number of carbonyl (C=O) groups excluding carboxylic acids is 2. The number of aromatic nitrogens is 1. The molecule has 7 heteroatoms. The molecule has 0 aliphatic carbocycles. The van der Waals surface area contributed by atoms with Crippen molar-refractivity contribution in [3.05, 3.63) is 93.7 Å². The predicted octanol–water partition coefficient (Wildman–Crippen LogP) is 4.14. The maximum atomic E-state index is 12.5. The zero-order valence-corrected chi connectivity index (χ0v) is 16.5. The molecule has 0 spiro atoms. The Balaban J connectivity index is 1.76. The van der Waals surface area contributed by atoms with Crippen LogP contribution < -0.4 is 10.2 Å². The molecule has 0 unspecified atom stereocenters. The Morgan fingerprint density at radius 2 is 1.96 bits per heavy atom. The Kier molecular flexibility index (Phi) is 6.29. The maximum absolute atomic E-state index is 12.5. The summed E-state index contributed by atoms with van der Waals surface area (Å²) in [5.41, 5.74) is 4.65. The maximum Gasteiger partial charge on any atom is 0.343 e. The molecule has 3 rings (SSSR count). The van der Waals surface area contributed by atoms with Crippen molar-refractivity contribution in [1.82, 2.24) is 10.4 Å². The molecule has 0 aliphatic heterocycles. The number of pyridine rings is 1. The number of hydrazone groups is 1. The molecule has 28 heavy (non-hydrogen) atoms. The molecule has 0 fully saturated rings. The average molecular weight is 438 g/mol. The summed E-state index contributed by atoms with van der Waals surface area (Å²) in [4.78, 5) is 28.4. The van der Waals surface area contributed by atoms with Crippen LogP contribution in [0.3, 0.4) is 0 Å². The van der Waals surface area contributed by atoms with Gasteiger partial charge >= 0.3 is 5.97 Å². The Morgan fingerprint density at radius 3 is 2.71 bits per heavy atom. The van der Waals surface area contributed by atoms with Crippen molar-refractivity contribution < 1.29 is 14.3 Å². The third-order valence-electron chi connectivity index (χ3n) is 3.83. The first-order valence-corrected chi connectivity index (χ1v) is 9.14. The molecule has 1 amide bonds. The number of hydrogen-bond acceptors (Lipinski definition) is 5. The first kappa shape index (κ1) is 19.4. The van der Waals surface area contributed by atoms with Gasteiger partial charge in [0.2, 0.25) is 0 Å². The number of ether oxygens (including phenoxy) is 1. The molecule has 0 saturated carbocycles. The highest BCUT2D eigenvalue weighted by Gasteiger charge is 2.13. The van der Waals surface area contributed by atoms with Crippen molar-refractivity contribution in [3.8, 4) is 5.75 Å². The van der Waals surface area contributed by atoms with Gasteiger partial charge in [-0.25, -0.2) is 10.2 Å². The van der Waals surface area contributed by atoms with Gasteiger partial charge in [-0.15, -0.1) is 0 Å². The van der Waals surface area contributed by atoms with E-state index in [4.69, 9.17) is 4.74 Å². The van der Waals surface area contributed by atoms with Gasteiger partial charge in [0, 0.05) is 22.4 Å². The summed E-state index contributed by atoms with van der Waals surface area (Å²) in [5.74, 6) is -0.525. The van der Waals surface area contributed by atoms with Gasteiger partial charge in [-0.05, 0) is 48.9 Å². The van der Waals surface area contributed by atoms with Crippen LogP contribution in [0, 0.1) is 6.92 Å². The normalized spacial score (nSPS) is 10.6. The molecule has 0 radical (unpaired) electrons. The van der Waals surface area contributed by atoms with E-state index in [1.807, 2.05) is 19.1 Å². The summed E-state index contributed by atoms with van der Waals surface area (Å²) in [5, 5.41) is 3.95. The van der Waals surface area contributed by atoms with E-state index < -0.39 is 11.9 Å². The molecule has 0 atom stereocenters. The zero-order valence-electron chi connectivity index (χ0n) is 14.9. The molecule has 6 nitrogen and oxygen atoms in total. The number of rotatable bonds is 5. The van der Waals surface area contributed by atoms with Gasteiger partial charge < -0.3 is 4.74 Å². The van der Waals surface area contributed by atoms with E-state index >= 15 is 0 Å². The van der Waals surface area contributed by atoms with Gasteiger partial charge in [0.1, 0.15) is 5.75 Å². The Morgan fingerprint density at radius 1 is 1.14 bits per heavy atom. The first-order valence-electron chi connectivity index (χ1n) is 8.35. The van der Waals surface area contributed by atoms with Crippen LogP contribution in [0.5, 0.6) is 5.75 Å². The fourth-order valence-electron chi connectivity index (χ4n) is 2.39. The van der Waals surface area contributed by atoms with Crippen molar-refractivity contribution >= 4 is 34.0 Å². The van der Waals surface area contributed by atoms with E-state index in [1.54, 1.807) is 48.7 Å². The second kappa shape index (κ2) is 9.05. The molecule has 140 valence electrons. The Hall–Kier alpha value is -3.32. The summed E-state index contributed by atoms with van der Waals surface area (Å²) in [6.07, 6.45) is 4.44. The number of aryl methyl sites for hydroxylation is 1. The van der Waals surface area contributed by atoms with Crippen molar-refractivity contribution in [2.45, 2.75) is 6.92 Å². The monoisotopic (exact) mass is 437 g/mol. The van der Waals surface area contributed by atoms with Gasteiger partial charge in [-0.1, -0.05) is 34.1 Å². The SMILES string of the molecule is Cc1ccccc1C(=O)Oc1ccc(Br)cc1C=NNC(=O)c1cccnc1. The zero-order chi connectivity index (χ0) is 19.9. The van der Waals surface area contributed by atoms with Crippen molar-refractivity contribution in [1.29, 1.82) is 0 Å². The molecule has 0 aliphatic rings. The summed E-state index contributed by atoms with van der Waals surface area (Å²) < 4.78 is 6.32. The Labute approximate surface area is 170 Å². The quantitative estimate of drug-likeness (QED) is 0.281. The third-order valence-corrected chi connectivity index (χ3v) is 4.33. The molecular formula is C21H16BrN3O3. The van der Waals surface area contributed by atoms with Gasteiger partial charge in [0.25, 0.3) is 5.91 Å². The number of benzene rings is 2. The molecular weight excluding hydrogens is 422 g/mol. The van der Waals surface area contributed by atoms with E-state index in [1.165, 1.54) is 12.4 Å². The number of amides is 1. The summed E-state index contributed by atoms with van der Waals surface area (Å²) in [7, 11) is 0. The molecule has 0 bridgehead atoms. The largest absolute Gasteiger partial charge is 0.422 e. The van der Waals surface area contributed by atoms with E-state index in [2.05, 4.69) is 31.4 Å². The van der Waals surface area contributed by atoms with Crippen molar-refractivity contribution in [3.63, 3.8) is 0 Å². The van der Waals surface area contributed by atoms with Gasteiger partial charge in [-0.3, -0.25) is 9.78 Å². The topological polar surface area (TPSA) is 80.6 Å². The second-order valence-electron chi connectivity index (χ2n) is 5.83. The van der Waals surface area contributed by atoms with Crippen LogP contribution in [0.15, 0.2) is 76.6 Å². The minimum atomic E-state index is -0.463. The highest BCUT2D eigenvalue weighted by molar-refractivity contribution is 9.10. The molecule has 0 saturated heterocycles. The van der Waals surface area contributed by atoms with Crippen LogP contribution in [0.1, 0.15) is 31.8 Å². The van der Waals surface area contributed by atoms with Gasteiger partial charge in [0.15, 0.2) is 0 Å². The second-order valence-corrected chi connectivity index (χ2v) is 6.74. The van der Waals surface area contributed by atoms with Crippen LogP contribution in [-0.4, -0.2) is 23.1 Å². The van der Waals surface area contributed by atoms with Crippen LogP contribution in [0.2, 0.25) is 0 Å². The first-order chi connectivity index (χ1) is 13.5. The van der Waals surface area contributed by atoms with Crippen LogP contribution in [0.4, 0.5) is 0 Å². The van der Waals surface area contributed by atoms with Gasteiger partial charge in [-0.2, -0.15) is 5.10 Å². The molecule has 3 aromatic rings. The lowest BCUT2D eigenvalue weighted by Crippen LogP contribution is -2.18. The van der Waals surface area contributed by atoms with E-state index in [0.717, 1.165) is 10.0 Å². The summed E-state index contributed by atoms with van der Waals surface area (Å²) in [6, 6.07) is 15.6. The van der Waals surface area contributed by atoms with E-state index in [-0.39, 0.29) is 0 Å². The minimum absolute atomic E-state index is 0.329. The lowest BCUT2D eigenvalue weighted by Gasteiger charge is -2.09. The van der Waals surface area contributed by atoms with Crippen molar-refractivity contribution in [2.75, 3.05) is 0 Å². The fourth-order valence-corrected chi connectivity index (χ4v) is 2.77. The standard InChI is InChI=1S/C21H16BrN3O3/c1-14-5-2-3-7-18(14)21(27)28-19-9-8-17(22)11-16(19)13-24-25-20(26)15-6-4-10-23-12-15/h2-13H,1H3,(H,25,26). The lowest BCUT2D eigenvalue weighted by atomic mass is 10.1. The summed E-state index contributed by atoms with van der Waals surface area (Å²) >= 11 is 3.38. The molecule has 1 aromatic heterocycles. The molecule has 2 aromatic carbocycles. The van der Waals surface area contributed by atoms with Crippen molar-refractivity contribution in [2.24, 2.45) is 5.10 Å². The van der Waals surface area contributed by atoms with E-state index in [0.29, 0.717) is 22.4 Å². The minimum Gasteiger partial charge on any atom is -0.422 e. The molecule has 1 heterocycles. The number of nitrogens with zero attached hydrogens (tertiary/aromatic N) is 2. The number of esters is 1. The number of halogens is 1. The number of hydrogen-bond donors (Lipinski definition) is 1. The van der Waals surface area contributed by atoms with Crippen LogP contribution in [0.25, 0.3) is 0 Å². The predicted molar refractivity (Wildman–Crippen MR) is 110 cm³/mol. The average Bonchev–Trinajstić information content (AvgIpc) is 2.70. The van der Waals surface area contributed by atoms with Gasteiger partial charge in [0.05, 0.1) is 17.3 Å². The lowest BCUT2D eigenvalue weighted by molar-refractivity contribution is 0.0733. The third kappa shape index (κ3) is 4.89. The highest BCUT2D eigenvalue weighted by atomic mass is 79.9. The van der Waals surface area contributed by atoms with Crippen LogP contribution in [-0.2, 0) is 0 Å². The van der Waals surface area contributed by atoms with Crippen LogP contribution >= 0.6 is 15.9 Å².